The van der Waals surface area contributed by atoms with Crippen LogP contribution in [0.15, 0.2) is 18.2 Å². The molecule has 2 N–H and O–H groups in total. The minimum absolute atomic E-state index is 0.0153. The van der Waals surface area contributed by atoms with Gasteiger partial charge in [0.15, 0.2) is 0 Å². The summed E-state index contributed by atoms with van der Waals surface area (Å²) in [6, 6.07) is 4.43. The fraction of sp³-hybridized carbons (Fsp3) is 0.500. The lowest BCUT2D eigenvalue weighted by atomic mass is 10.0. The predicted octanol–water partition coefficient (Wildman–Crippen LogP) is 1.46. The van der Waals surface area contributed by atoms with E-state index in [1.807, 2.05) is 6.92 Å². The number of nitro benzene ring substituents is 1. The van der Waals surface area contributed by atoms with E-state index in [1.54, 1.807) is 20.2 Å². The van der Waals surface area contributed by atoms with Crippen molar-refractivity contribution in [1.29, 1.82) is 0 Å². The van der Waals surface area contributed by atoms with E-state index in [-0.39, 0.29) is 17.1 Å². The second kappa shape index (κ2) is 5.69. The summed E-state index contributed by atoms with van der Waals surface area (Å²) < 4.78 is 0. The van der Waals surface area contributed by atoms with Crippen molar-refractivity contribution >= 4 is 17.3 Å². The Morgan fingerprint density at radius 2 is 2.19 bits per heavy atom. The Morgan fingerprint density at radius 3 is 2.71 bits per heavy atom. The molecule has 7 nitrogen and oxygen atoms in total. The molecule has 1 aromatic rings. The van der Waals surface area contributed by atoms with Crippen molar-refractivity contribution in [3.05, 3.63) is 33.9 Å². The highest BCUT2D eigenvalue weighted by molar-refractivity contribution is 5.95. The maximum atomic E-state index is 12.0. The molecule has 0 bridgehead atoms. The van der Waals surface area contributed by atoms with Crippen LogP contribution >= 0.6 is 0 Å². The highest BCUT2D eigenvalue weighted by Gasteiger charge is 2.31. The summed E-state index contributed by atoms with van der Waals surface area (Å²) in [5.74, 6) is -0.178. The molecule has 1 aliphatic rings. The highest BCUT2D eigenvalue weighted by atomic mass is 16.6. The van der Waals surface area contributed by atoms with Crippen LogP contribution in [-0.2, 0) is 0 Å². The van der Waals surface area contributed by atoms with Crippen molar-refractivity contribution in [3.8, 4) is 0 Å². The van der Waals surface area contributed by atoms with Crippen LogP contribution in [0.3, 0.4) is 0 Å². The molecule has 1 fully saturated rings. The first kappa shape index (κ1) is 15.2. The number of carbonyl (C=O) groups is 1. The van der Waals surface area contributed by atoms with Gasteiger partial charge in [0.05, 0.1) is 4.92 Å². The summed E-state index contributed by atoms with van der Waals surface area (Å²) in [7, 11) is 3.30. The van der Waals surface area contributed by atoms with E-state index >= 15 is 0 Å². The molecule has 0 spiro atoms. The summed E-state index contributed by atoms with van der Waals surface area (Å²) in [5, 5.41) is 17.6. The van der Waals surface area contributed by atoms with Gasteiger partial charge in [-0.1, -0.05) is 0 Å². The summed E-state index contributed by atoms with van der Waals surface area (Å²) in [4.78, 5) is 24.2. The Balaban J connectivity index is 2.37. The Labute approximate surface area is 123 Å². The smallest absolute Gasteiger partial charge is 0.292 e. The molecule has 21 heavy (non-hydrogen) atoms. The van der Waals surface area contributed by atoms with Gasteiger partial charge >= 0.3 is 0 Å². The minimum Gasteiger partial charge on any atom is -0.373 e. The molecule has 2 rings (SSSR count). The molecule has 0 aliphatic carbocycles. The van der Waals surface area contributed by atoms with E-state index < -0.39 is 4.92 Å². The molecule has 1 amide bonds. The molecular weight excluding hydrogens is 272 g/mol. The first-order chi connectivity index (χ1) is 9.82. The van der Waals surface area contributed by atoms with Crippen LogP contribution in [0.25, 0.3) is 0 Å². The summed E-state index contributed by atoms with van der Waals surface area (Å²) in [5.41, 5.74) is 0.560. The van der Waals surface area contributed by atoms with Crippen LogP contribution in [0.1, 0.15) is 23.7 Å². The molecule has 1 aliphatic heterocycles. The maximum Gasteiger partial charge on any atom is 0.292 e. The monoisotopic (exact) mass is 292 g/mol. The van der Waals surface area contributed by atoms with Gasteiger partial charge in [0.2, 0.25) is 0 Å². The van der Waals surface area contributed by atoms with Crippen LogP contribution in [0.2, 0.25) is 0 Å². The lowest BCUT2D eigenvalue weighted by Gasteiger charge is -2.26. The second-order valence-electron chi connectivity index (χ2n) is 5.80. The Bertz CT molecular complexity index is 565. The van der Waals surface area contributed by atoms with Gasteiger partial charge in [-0.3, -0.25) is 14.9 Å². The number of benzene rings is 1. The first-order valence-corrected chi connectivity index (χ1v) is 6.81. The first-order valence-electron chi connectivity index (χ1n) is 6.81. The fourth-order valence-electron chi connectivity index (χ4n) is 2.44. The van der Waals surface area contributed by atoms with Crippen molar-refractivity contribution in [2.45, 2.75) is 18.9 Å². The van der Waals surface area contributed by atoms with Crippen molar-refractivity contribution < 1.29 is 9.72 Å². The predicted molar refractivity (Wildman–Crippen MR) is 80.6 cm³/mol. The summed E-state index contributed by atoms with van der Waals surface area (Å²) in [6.07, 6.45) is 0.871. The summed E-state index contributed by atoms with van der Waals surface area (Å²) in [6.45, 7) is 3.61. The van der Waals surface area contributed by atoms with Crippen LogP contribution in [0.4, 0.5) is 11.4 Å². The van der Waals surface area contributed by atoms with Gasteiger partial charge in [0.1, 0.15) is 5.69 Å². The second-order valence-corrected chi connectivity index (χ2v) is 5.80. The van der Waals surface area contributed by atoms with Gasteiger partial charge in [-0.2, -0.15) is 0 Å². The van der Waals surface area contributed by atoms with Gasteiger partial charge in [0.25, 0.3) is 11.6 Å². The molecule has 0 radical (unpaired) electrons. The molecular formula is C14H20N4O3. The standard InChI is InChI=1S/C14H20N4O3/c1-14(6-7-15-9-14)16-11-8-10(13(19)17(2)3)4-5-12(11)18(20)21/h4-5,8,15-16H,6-7,9H2,1-3H3. The number of nitrogens with zero attached hydrogens (tertiary/aromatic N) is 2. The van der Waals surface area contributed by atoms with E-state index in [2.05, 4.69) is 10.6 Å². The van der Waals surface area contributed by atoms with Crippen LogP contribution < -0.4 is 10.6 Å². The largest absolute Gasteiger partial charge is 0.373 e. The molecule has 1 aromatic carbocycles. The number of nitro groups is 1. The average molecular weight is 292 g/mol. The number of carbonyl (C=O) groups excluding carboxylic acids is 1. The topological polar surface area (TPSA) is 87.5 Å². The van der Waals surface area contributed by atoms with Crippen LogP contribution in [0.5, 0.6) is 0 Å². The van der Waals surface area contributed by atoms with E-state index in [9.17, 15) is 14.9 Å². The third-order valence-electron chi connectivity index (χ3n) is 3.65. The van der Waals surface area contributed by atoms with E-state index in [0.717, 1.165) is 19.5 Å². The maximum absolute atomic E-state index is 12.0. The van der Waals surface area contributed by atoms with Gasteiger partial charge in [-0.05, 0) is 32.0 Å². The van der Waals surface area contributed by atoms with Crippen molar-refractivity contribution in [2.24, 2.45) is 0 Å². The molecule has 114 valence electrons. The summed E-state index contributed by atoms with van der Waals surface area (Å²) >= 11 is 0. The van der Waals surface area contributed by atoms with E-state index in [4.69, 9.17) is 0 Å². The molecule has 1 saturated heterocycles. The van der Waals surface area contributed by atoms with Crippen molar-refractivity contribution in [1.82, 2.24) is 10.2 Å². The van der Waals surface area contributed by atoms with Gasteiger partial charge in [0, 0.05) is 37.8 Å². The Hall–Kier alpha value is -2.15. The molecule has 0 saturated carbocycles. The zero-order chi connectivity index (χ0) is 15.6. The Kier molecular flexibility index (Phi) is 4.13. The average Bonchev–Trinajstić information content (AvgIpc) is 2.83. The third kappa shape index (κ3) is 3.30. The number of hydrogen-bond donors (Lipinski definition) is 2. The zero-order valence-electron chi connectivity index (χ0n) is 12.5. The van der Waals surface area contributed by atoms with Gasteiger partial charge in [-0.25, -0.2) is 0 Å². The molecule has 1 unspecified atom stereocenters. The number of rotatable bonds is 4. The van der Waals surface area contributed by atoms with E-state index in [1.165, 1.54) is 17.0 Å². The number of amides is 1. The van der Waals surface area contributed by atoms with Crippen LogP contribution in [0, 0.1) is 10.1 Å². The minimum atomic E-state index is -0.433. The fourth-order valence-corrected chi connectivity index (χ4v) is 2.44. The van der Waals surface area contributed by atoms with Crippen LogP contribution in [-0.4, -0.2) is 48.5 Å². The SMILES string of the molecule is CN(C)C(=O)c1ccc([N+](=O)[O-])c(NC2(C)CCNC2)c1. The lowest BCUT2D eigenvalue weighted by molar-refractivity contribution is -0.384. The normalized spacial score (nSPS) is 21.1. The Morgan fingerprint density at radius 1 is 1.48 bits per heavy atom. The van der Waals surface area contributed by atoms with Crippen molar-refractivity contribution in [2.75, 3.05) is 32.5 Å². The molecule has 0 aromatic heterocycles. The van der Waals surface area contributed by atoms with E-state index in [0.29, 0.717) is 11.3 Å². The number of anilines is 1. The molecule has 1 heterocycles. The number of hydrogen-bond acceptors (Lipinski definition) is 5. The molecule has 1 atom stereocenters. The molecule has 7 heteroatoms. The van der Waals surface area contributed by atoms with Gasteiger partial charge < -0.3 is 15.5 Å². The lowest BCUT2D eigenvalue weighted by Crippen LogP contribution is -2.37. The quantitative estimate of drug-likeness (QED) is 0.648. The number of nitrogens with one attached hydrogen (secondary N) is 2. The van der Waals surface area contributed by atoms with Crippen molar-refractivity contribution in [3.63, 3.8) is 0 Å². The zero-order valence-corrected chi connectivity index (χ0v) is 12.5. The highest BCUT2D eigenvalue weighted by Crippen LogP contribution is 2.30. The third-order valence-corrected chi connectivity index (χ3v) is 3.65. The van der Waals surface area contributed by atoms with Gasteiger partial charge in [-0.15, -0.1) is 0 Å².